The van der Waals surface area contributed by atoms with Gasteiger partial charge >= 0.3 is 0 Å². The summed E-state index contributed by atoms with van der Waals surface area (Å²) in [5.41, 5.74) is 2.92. The smallest absolute Gasteiger partial charge is 0.168 e. The number of nitrogens with zero attached hydrogens (tertiary/aromatic N) is 3. The third-order valence-corrected chi connectivity index (χ3v) is 4.27. The van der Waals surface area contributed by atoms with E-state index in [2.05, 4.69) is 9.98 Å². The molecule has 0 N–H and O–H groups in total. The van der Waals surface area contributed by atoms with Crippen molar-refractivity contribution in [3.63, 3.8) is 0 Å². The van der Waals surface area contributed by atoms with Crippen LogP contribution in [0, 0.1) is 5.82 Å². The standard InChI is InChI=1S/C18H11ClFN3O/c19-15-4-2-1-3-13(15)18-14-7-11(20)5-6-16(14)23-12(10-24)8-21-17(23)9-22-18/h1-8,10H,9H2. The van der Waals surface area contributed by atoms with Crippen molar-refractivity contribution in [3.8, 4) is 5.69 Å². The average molecular weight is 340 g/mol. The number of rotatable bonds is 2. The Kier molecular flexibility index (Phi) is 3.50. The molecule has 4 nitrogen and oxygen atoms in total. The van der Waals surface area contributed by atoms with Gasteiger partial charge in [0.05, 0.1) is 24.1 Å². The molecule has 0 atom stereocenters. The number of benzene rings is 2. The summed E-state index contributed by atoms with van der Waals surface area (Å²) in [6.07, 6.45) is 2.22. The molecule has 0 unspecified atom stereocenters. The summed E-state index contributed by atoms with van der Waals surface area (Å²) in [5.74, 6) is 0.233. The molecule has 24 heavy (non-hydrogen) atoms. The number of halogens is 2. The van der Waals surface area contributed by atoms with Crippen molar-refractivity contribution >= 4 is 23.6 Å². The van der Waals surface area contributed by atoms with Gasteiger partial charge in [-0.1, -0.05) is 29.8 Å². The van der Waals surface area contributed by atoms with Gasteiger partial charge in [-0.3, -0.25) is 14.4 Å². The molecule has 3 aromatic rings. The molecule has 6 heteroatoms. The van der Waals surface area contributed by atoms with Crippen LogP contribution in [0.5, 0.6) is 0 Å². The van der Waals surface area contributed by atoms with Gasteiger partial charge in [-0.15, -0.1) is 0 Å². The Labute approximate surface area is 142 Å². The highest BCUT2D eigenvalue weighted by Crippen LogP contribution is 2.29. The van der Waals surface area contributed by atoms with Crippen LogP contribution in [0.1, 0.15) is 27.4 Å². The molecule has 1 aliphatic heterocycles. The average Bonchev–Trinajstić information content (AvgIpc) is 2.93. The molecule has 1 aliphatic rings. The third-order valence-electron chi connectivity index (χ3n) is 3.95. The van der Waals surface area contributed by atoms with Crippen LogP contribution in [-0.2, 0) is 6.54 Å². The van der Waals surface area contributed by atoms with Crippen LogP contribution in [-0.4, -0.2) is 21.5 Å². The maximum absolute atomic E-state index is 13.9. The first kappa shape index (κ1) is 14.8. The molecule has 1 aromatic heterocycles. The zero-order valence-electron chi connectivity index (χ0n) is 12.4. The minimum Gasteiger partial charge on any atom is -0.296 e. The van der Waals surface area contributed by atoms with Crippen LogP contribution >= 0.6 is 11.6 Å². The van der Waals surface area contributed by atoms with Gasteiger partial charge in [0.15, 0.2) is 6.29 Å². The number of imidazole rings is 1. The number of carbonyl (C=O) groups is 1. The molecule has 0 saturated heterocycles. The van der Waals surface area contributed by atoms with Crippen molar-refractivity contribution in [1.29, 1.82) is 0 Å². The van der Waals surface area contributed by atoms with E-state index in [-0.39, 0.29) is 12.4 Å². The minimum absolute atomic E-state index is 0.269. The molecule has 0 spiro atoms. The Morgan fingerprint density at radius 2 is 2.00 bits per heavy atom. The largest absolute Gasteiger partial charge is 0.296 e. The van der Waals surface area contributed by atoms with Gasteiger partial charge in [-0.05, 0) is 24.3 Å². The molecule has 2 heterocycles. The van der Waals surface area contributed by atoms with E-state index < -0.39 is 0 Å². The van der Waals surface area contributed by atoms with Crippen molar-refractivity contribution in [2.45, 2.75) is 6.54 Å². The van der Waals surface area contributed by atoms with Crippen LogP contribution in [0.15, 0.2) is 53.7 Å². The van der Waals surface area contributed by atoms with Gasteiger partial charge in [0.1, 0.15) is 17.3 Å². The van der Waals surface area contributed by atoms with Gasteiger partial charge < -0.3 is 0 Å². The second-order valence-corrected chi connectivity index (χ2v) is 5.77. The van der Waals surface area contributed by atoms with Gasteiger partial charge in [-0.2, -0.15) is 0 Å². The fourth-order valence-corrected chi connectivity index (χ4v) is 3.11. The highest BCUT2D eigenvalue weighted by atomic mass is 35.5. The Morgan fingerprint density at radius 3 is 2.79 bits per heavy atom. The number of hydrogen-bond acceptors (Lipinski definition) is 3. The van der Waals surface area contributed by atoms with Crippen molar-refractivity contribution in [2.24, 2.45) is 4.99 Å². The fraction of sp³-hybridized carbons (Fsp3) is 0.0556. The van der Waals surface area contributed by atoms with E-state index >= 15 is 0 Å². The Morgan fingerprint density at radius 1 is 1.17 bits per heavy atom. The number of fused-ring (bicyclic) bond motifs is 3. The van der Waals surface area contributed by atoms with E-state index in [0.29, 0.717) is 39.1 Å². The van der Waals surface area contributed by atoms with Crippen LogP contribution in [0.2, 0.25) is 5.02 Å². The first-order valence-corrected chi connectivity index (χ1v) is 7.68. The molecule has 4 rings (SSSR count). The maximum Gasteiger partial charge on any atom is 0.168 e. The quantitative estimate of drug-likeness (QED) is 0.666. The Bertz CT molecular complexity index is 994. The lowest BCUT2D eigenvalue weighted by Crippen LogP contribution is -2.09. The Hall–Kier alpha value is -2.79. The van der Waals surface area contributed by atoms with Gasteiger partial charge in [-0.25, -0.2) is 9.37 Å². The highest BCUT2D eigenvalue weighted by molar-refractivity contribution is 6.35. The van der Waals surface area contributed by atoms with Crippen LogP contribution in [0.25, 0.3) is 5.69 Å². The van der Waals surface area contributed by atoms with Crippen LogP contribution in [0.3, 0.4) is 0 Å². The minimum atomic E-state index is -0.385. The van der Waals surface area contributed by atoms with E-state index in [1.807, 2.05) is 18.2 Å². The first-order chi connectivity index (χ1) is 11.7. The van der Waals surface area contributed by atoms with Crippen molar-refractivity contribution in [2.75, 3.05) is 0 Å². The zero-order valence-corrected chi connectivity index (χ0v) is 13.2. The summed E-state index contributed by atoms with van der Waals surface area (Å²) in [5, 5.41) is 0.529. The molecular formula is C18H11ClFN3O. The third kappa shape index (κ3) is 2.25. The normalized spacial score (nSPS) is 12.8. The summed E-state index contributed by atoms with van der Waals surface area (Å²) in [7, 11) is 0. The molecular weight excluding hydrogens is 329 g/mol. The van der Waals surface area contributed by atoms with E-state index in [1.54, 1.807) is 16.7 Å². The predicted octanol–water partition coefficient (Wildman–Crippen LogP) is 3.83. The molecule has 0 bridgehead atoms. The second kappa shape index (κ2) is 5.69. The number of hydrogen-bond donors (Lipinski definition) is 0. The number of aromatic nitrogens is 2. The molecule has 0 radical (unpaired) electrons. The van der Waals surface area contributed by atoms with Crippen LogP contribution < -0.4 is 0 Å². The van der Waals surface area contributed by atoms with E-state index in [4.69, 9.17) is 11.6 Å². The van der Waals surface area contributed by atoms with Crippen molar-refractivity contribution in [1.82, 2.24) is 9.55 Å². The van der Waals surface area contributed by atoms with Crippen molar-refractivity contribution < 1.29 is 9.18 Å². The molecule has 0 fully saturated rings. The fourth-order valence-electron chi connectivity index (χ4n) is 2.89. The van der Waals surface area contributed by atoms with Gasteiger partial charge in [0.25, 0.3) is 0 Å². The first-order valence-electron chi connectivity index (χ1n) is 7.30. The SMILES string of the molecule is O=Cc1cnc2n1-c1ccc(F)cc1C(c1ccccc1Cl)=NC2. The number of aldehydes is 1. The maximum atomic E-state index is 13.9. The van der Waals surface area contributed by atoms with Crippen molar-refractivity contribution in [3.05, 3.63) is 82.1 Å². The zero-order chi connectivity index (χ0) is 16.7. The number of aliphatic imine (C=N–C) groups is 1. The summed E-state index contributed by atoms with van der Waals surface area (Å²) < 4.78 is 15.6. The topological polar surface area (TPSA) is 47.2 Å². The lowest BCUT2D eigenvalue weighted by Gasteiger charge is -2.13. The van der Waals surface area contributed by atoms with E-state index in [1.165, 1.54) is 18.3 Å². The predicted molar refractivity (Wildman–Crippen MR) is 89.7 cm³/mol. The van der Waals surface area contributed by atoms with Gasteiger partial charge in [0, 0.05) is 16.1 Å². The summed E-state index contributed by atoms with van der Waals surface area (Å²) >= 11 is 6.31. The molecule has 0 amide bonds. The van der Waals surface area contributed by atoms with E-state index in [9.17, 15) is 9.18 Å². The highest BCUT2D eigenvalue weighted by Gasteiger charge is 2.23. The summed E-state index contributed by atoms with van der Waals surface area (Å²) in [6.45, 7) is 0.269. The van der Waals surface area contributed by atoms with E-state index in [0.717, 1.165) is 6.29 Å². The molecule has 118 valence electrons. The second-order valence-electron chi connectivity index (χ2n) is 5.36. The molecule has 0 aliphatic carbocycles. The Balaban J connectivity index is 2.03. The summed E-state index contributed by atoms with van der Waals surface area (Å²) in [4.78, 5) is 20.2. The van der Waals surface area contributed by atoms with Crippen LogP contribution in [0.4, 0.5) is 4.39 Å². The summed E-state index contributed by atoms with van der Waals surface area (Å²) in [6, 6.07) is 11.7. The monoisotopic (exact) mass is 339 g/mol. The lowest BCUT2D eigenvalue weighted by atomic mass is 10.00. The lowest BCUT2D eigenvalue weighted by molar-refractivity contribution is 0.111. The number of carbonyl (C=O) groups excluding carboxylic acids is 1. The molecule has 0 saturated carbocycles. The molecule has 2 aromatic carbocycles. The van der Waals surface area contributed by atoms with Gasteiger partial charge in [0.2, 0.25) is 0 Å².